The molecule has 0 saturated carbocycles. The van der Waals surface area contributed by atoms with Crippen molar-refractivity contribution in [1.82, 2.24) is 10.6 Å². The highest BCUT2D eigenvalue weighted by atomic mass is 127. The SMILES string of the molecule is CC(=O)N[C@@H](CC(C)C)C(=O)N[C@H](Cc1ccc(I)cc1)C(=O)O. The number of nitrogens with one attached hydrogen (secondary N) is 2. The van der Waals surface area contributed by atoms with Gasteiger partial charge in [-0.25, -0.2) is 4.79 Å². The summed E-state index contributed by atoms with van der Waals surface area (Å²) in [5.74, 6) is -1.71. The number of rotatable bonds is 8. The van der Waals surface area contributed by atoms with E-state index in [9.17, 15) is 19.5 Å². The number of hydrogen-bond donors (Lipinski definition) is 3. The van der Waals surface area contributed by atoms with Crippen LogP contribution in [-0.2, 0) is 20.8 Å². The highest BCUT2D eigenvalue weighted by Gasteiger charge is 2.26. The van der Waals surface area contributed by atoms with Gasteiger partial charge in [0, 0.05) is 16.9 Å². The van der Waals surface area contributed by atoms with E-state index in [1.54, 1.807) is 0 Å². The van der Waals surface area contributed by atoms with Crippen LogP contribution in [0.5, 0.6) is 0 Å². The van der Waals surface area contributed by atoms with E-state index in [0.29, 0.717) is 6.42 Å². The van der Waals surface area contributed by atoms with E-state index in [-0.39, 0.29) is 18.2 Å². The number of aliphatic carboxylic acids is 1. The maximum atomic E-state index is 12.4. The van der Waals surface area contributed by atoms with Crippen molar-refractivity contribution in [1.29, 1.82) is 0 Å². The second-order valence-electron chi connectivity index (χ2n) is 6.11. The van der Waals surface area contributed by atoms with Gasteiger partial charge in [-0.2, -0.15) is 0 Å². The predicted octanol–water partition coefficient (Wildman–Crippen LogP) is 1.95. The third-order valence-corrected chi connectivity index (χ3v) is 4.09. The predicted molar refractivity (Wildman–Crippen MR) is 99.5 cm³/mol. The maximum absolute atomic E-state index is 12.4. The number of benzene rings is 1. The lowest BCUT2D eigenvalue weighted by molar-refractivity contribution is -0.142. The van der Waals surface area contributed by atoms with Gasteiger partial charge in [0.1, 0.15) is 12.1 Å². The fraction of sp³-hybridized carbons (Fsp3) is 0.471. The van der Waals surface area contributed by atoms with Gasteiger partial charge in [0.2, 0.25) is 11.8 Å². The van der Waals surface area contributed by atoms with Crippen LogP contribution in [0, 0.1) is 9.49 Å². The standard InChI is InChI=1S/C17H23IN2O4/c1-10(2)8-14(19-11(3)21)16(22)20-15(17(23)24)9-12-4-6-13(18)7-5-12/h4-7,10,14-15H,8-9H2,1-3H3,(H,19,21)(H,20,22)(H,23,24)/t14-,15+/m0/s1. The van der Waals surface area contributed by atoms with Crippen molar-refractivity contribution in [3.8, 4) is 0 Å². The number of carboxylic acid groups (broad SMARTS) is 1. The largest absolute Gasteiger partial charge is 0.480 e. The number of amides is 2. The van der Waals surface area contributed by atoms with Crippen molar-refractivity contribution in [2.75, 3.05) is 0 Å². The van der Waals surface area contributed by atoms with Crippen LogP contribution in [0.1, 0.15) is 32.8 Å². The van der Waals surface area contributed by atoms with Crippen molar-refractivity contribution in [2.45, 2.75) is 45.7 Å². The zero-order valence-electron chi connectivity index (χ0n) is 14.0. The molecule has 132 valence electrons. The van der Waals surface area contributed by atoms with E-state index >= 15 is 0 Å². The molecule has 2 atom stereocenters. The minimum atomic E-state index is -1.10. The van der Waals surface area contributed by atoms with Crippen LogP contribution in [0.15, 0.2) is 24.3 Å². The van der Waals surface area contributed by atoms with Crippen LogP contribution in [0.3, 0.4) is 0 Å². The highest BCUT2D eigenvalue weighted by Crippen LogP contribution is 2.10. The molecule has 6 nitrogen and oxygen atoms in total. The molecular formula is C17H23IN2O4. The molecule has 0 aromatic heterocycles. The quantitative estimate of drug-likeness (QED) is 0.532. The Balaban J connectivity index is 2.80. The first-order valence-electron chi connectivity index (χ1n) is 7.73. The summed E-state index contributed by atoms with van der Waals surface area (Å²) in [6.07, 6.45) is 0.633. The van der Waals surface area contributed by atoms with Crippen LogP contribution >= 0.6 is 22.6 Å². The number of carbonyl (C=O) groups excluding carboxylic acids is 2. The first-order chi connectivity index (χ1) is 11.2. The average molecular weight is 446 g/mol. The highest BCUT2D eigenvalue weighted by molar-refractivity contribution is 14.1. The summed E-state index contributed by atoms with van der Waals surface area (Å²) in [5.41, 5.74) is 0.822. The minimum absolute atomic E-state index is 0.187. The van der Waals surface area contributed by atoms with Gasteiger partial charge < -0.3 is 15.7 Å². The van der Waals surface area contributed by atoms with E-state index in [4.69, 9.17) is 0 Å². The van der Waals surface area contributed by atoms with E-state index in [2.05, 4.69) is 33.2 Å². The molecule has 0 radical (unpaired) electrons. The molecule has 0 spiro atoms. The molecule has 3 N–H and O–H groups in total. The summed E-state index contributed by atoms with van der Waals surface area (Å²) < 4.78 is 1.05. The zero-order chi connectivity index (χ0) is 18.3. The second-order valence-corrected chi connectivity index (χ2v) is 7.36. The molecule has 0 aliphatic heterocycles. The molecular weight excluding hydrogens is 423 g/mol. The Bertz CT molecular complexity index is 587. The summed E-state index contributed by atoms with van der Waals surface area (Å²) in [7, 11) is 0. The van der Waals surface area contributed by atoms with Crippen molar-refractivity contribution in [3.05, 3.63) is 33.4 Å². The minimum Gasteiger partial charge on any atom is -0.480 e. The van der Waals surface area contributed by atoms with Crippen LogP contribution < -0.4 is 10.6 Å². The fourth-order valence-electron chi connectivity index (χ4n) is 2.28. The second kappa shape index (κ2) is 9.61. The van der Waals surface area contributed by atoms with Gasteiger partial charge in [-0.15, -0.1) is 0 Å². The van der Waals surface area contributed by atoms with E-state index in [0.717, 1.165) is 9.13 Å². The van der Waals surface area contributed by atoms with Crippen LogP contribution in [0.2, 0.25) is 0 Å². The number of carboxylic acids is 1. The zero-order valence-corrected chi connectivity index (χ0v) is 16.2. The summed E-state index contributed by atoms with van der Waals surface area (Å²) in [5, 5.41) is 14.5. The molecule has 1 aromatic rings. The third-order valence-electron chi connectivity index (χ3n) is 3.37. The Morgan fingerprint density at radius 2 is 1.67 bits per heavy atom. The number of halogens is 1. The third kappa shape index (κ3) is 7.29. The van der Waals surface area contributed by atoms with Crippen LogP contribution in [0.25, 0.3) is 0 Å². The molecule has 2 amide bonds. The summed E-state index contributed by atoms with van der Waals surface area (Å²) in [6, 6.07) is 5.67. The van der Waals surface area contributed by atoms with Crippen molar-refractivity contribution >= 4 is 40.4 Å². The van der Waals surface area contributed by atoms with E-state index in [1.807, 2.05) is 38.1 Å². The summed E-state index contributed by atoms with van der Waals surface area (Å²) in [4.78, 5) is 35.1. The molecule has 1 aromatic carbocycles. The Morgan fingerprint density at radius 1 is 1.08 bits per heavy atom. The lowest BCUT2D eigenvalue weighted by Crippen LogP contribution is -2.52. The summed E-state index contributed by atoms with van der Waals surface area (Å²) in [6.45, 7) is 5.20. The number of carbonyl (C=O) groups is 3. The molecule has 0 aliphatic carbocycles. The Hall–Kier alpha value is -1.64. The van der Waals surface area contributed by atoms with Gasteiger partial charge in [-0.05, 0) is 52.6 Å². The first kappa shape index (κ1) is 20.4. The van der Waals surface area contributed by atoms with Gasteiger partial charge in [-0.1, -0.05) is 26.0 Å². The van der Waals surface area contributed by atoms with Gasteiger partial charge in [0.05, 0.1) is 0 Å². The smallest absolute Gasteiger partial charge is 0.326 e. The summed E-state index contributed by atoms with van der Waals surface area (Å²) >= 11 is 2.17. The molecule has 7 heteroatoms. The topological polar surface area (TPSA) is 95.5 Å². The molecule has 0 fully saturated rings. The van der Waals surface area contributed by atoms with Gasteiger partial charge >= 0.3 is 5.97 Å². The lowest BCUT2D eigenvalue weighted by Gasteiger charge is -2.22. The van der Waals surface area contributed by atoms with Crippen LogP contribution in [-0.4, -0.2) is 35.0 Å². The van der Waals surface area contributed by atoms with Gasteiger partial charge in [-0.3, -0.25) is 9.59 Å². The van der Waals surface area contributed by atoms with Crippen LogP contribution in [0.4, 0.5) is 0 Å². The molecule has 1 rings (SSSR count). The fourth-order valence-corrected chi connectivity index (χ4v) is 2.64. The Morgan fingerprint density at radius 3 is 2.12 bits per heavy atom. The van der Waals surface area contributed by atoms with Gasteiger partial charge in [0.25, 0.3) is 0 Å². The first-order valence-corrected chi connectivity index (χ1v) is 8.81. The van der Waals surface area contributed by atoms with E-state index in [1.165, 1.54) is 6.92 Å². The monoisotopic (exact) mass is 446 g/mol. The Labute approximate surface area is 155 Å². The van der Waals surface area contributed by atoms with E-state index < -0.39 is 24.0 Å². The molecule has 0 heterocycles. The maximum Gasteiger partial charge on any atom is 0.326 e. The van der Waals surface area contributed by atoms with Crippen molar-refractivity contribution in [3.63, 3.8) is 0 Å². The molecule has 24 heavy (non-hydrogen) atoms. The van der Waals surface area contributed by atoms with Gasteiger partial charge in [0.15, 0.2) is 0 Å². The normalized spacial score (nSPS) is 13.2. The molecule has 0 unspecified atom stereocenters. The number of hydrogen-bond acceptors (Lipinski definition) is 3. The lowest BCUT2D eigenvalue weighted by atomic mass is 10.0. The molecule has 0 saturated heterocycles. The Kier molecular flexibility index (Phi) is 8.17. The average Bonchev–Trinajstić information content (AvgIpc) is 2.46. The van der Waals surface area contributed by atoms with Crippen molar-refractivity contribution in [2.24, 2.45) is 5.92 Å². The van der Waals surface area contributed by atoms with Crippen molar-refractivity contribution < 1.29 is 19.5 Å². The molecule has 0 aliphatic rings. The molecule has 0 bridgehead atoms.